The third-order valence-electron chi connectivity index (χ3n) is 5.10. The Morgan fingerprint density at radius 3 is 2.30 bits per heavy atom. The van der Waals surface area contributed by atoms with E-state index in [1.165, 1.54) is 32.2 Å². The van der Waals surface area contributed by atoms with Gasteiger partial charge in [0.25, 0.3) is 0 Å². The van der Waals surface area contributed by atoms with E-state index in [-0.39, 0.29) is 0 Å². The number of carboxylic acid groups (broad SMARTS) is 2. The highest BCUT2D eigenvalue weighted by atomic mass is 35.5. The van der Waals surface area contributed by atoms with Gasteiger partial charge in [0, 0.05) is 33.3 Å². The van der Waals surface area contributed by atoms with Gasteiger partial charge < -0.3 is 15.1 Å². The average molecular weight is 565 g/mol. The van der Waals surface area contributed by atoms with Crippen LogP contribution >= 0.6 is 35.0 Å². The van der Waals surface area contributed by atoms with Gasteiger partial charge in [0.15, 0.2) is 0 Å². The van der Waals surface area contributed by atoms with E-state index in [4.69, 9.17) is 43.4 Å². The molecular weight excluding hydrogens is 533 g/mol. The Labute approximate surface area is 231 Å². The summed E-state index contributed by atoms with van der Waals surface area (Å²) in [6, 6.07) is 13.6. The van der Waals surface area contributed by atoms with Gasteiger partial charge in [-0.3, -0.25) is 4.99 Å². The molecule has 10 heteroatoms. The first kappa shape index (κ1) is 30.6. The van der Waals surface area contributed by atoms with Crippen molar-refractivity contribution in [1.82, 2.24) is 4.90 Å². The van der Waals surface area contributed by atoms with Crippen LogP contribution in [0.15, 0.2) is 64.6 Å². The fourth-order valence-corrected chi connectivity index (χ4v) is 4.67. The number of halogens is 2. The summed E-state index contributed by atoms with van der Waals surface area (Å²) in [5.74, 6) is -1.44. The number of carboxylic acids is 2. The van der Waals surface area contributed by atoms with Crippen LogP contribution in [0.4, 0.5) is 5.69 Å². The van der Waals surface area contributed by atoms with Crippen molar-refractivity contribution in [3.05, 3.63) is 75.8 Å². The van der Waals surface area contributed by atoms with Crippen LogP contribution in [0.5, 0.6) is 0 Å². The molecule has 3 rings (SSSR count). The summed E-state index contributed by atoms with van der Waals surface area (Å²) in [4.78, 5) is 31.1. The molecular formula is C27H31Cl2N3O4S. The number of fused-ring (bicyclic) bond motifs is 1. The van der Waals surface area contributed by atoms with Gasteiger partial charge in [-0.05, 0) is 63.5 Å². The van der Waals surface area contributed by atoms with Crippen LogP contribution < -0.4 is 0 Å². The second kappa shape index (κ2) is 16.2. The Bertz CT molecular complexity index is 1150. The minimum absolute atomic E-state index is 0.558. The van der Waals surface area contributed by atoms with Crippen LogP contribution in [0.1, 0.15) is 36.8 Å². The lowest BCUT2D eigenvalue weighted by atomic mass is 10.0. The molecule has 0 saturated heterocycles. The SMILES string of the molecule is CN(C)CCCCCCSC1=Nc2ccc(Cl)cc2C(c2ccccc2Cl)=NC1.O=C(O)C=CC(=O)O. The minimum atomic E-state index is -1.26. The van der Waals surface area contributed by atoms with E-state index < -0.39 is 11.9 Å². The van der Waals surface area contributed by atoms with Crippen LogP contribution in [0.3, 0.4) is 0 Å². The molecule has 2 N–H and O–H groups in total. The number of thioether (sulfide) groups is 1. The molecule has 0 radical (unpaired) electrons. The predicted molar refractivity (Wildman–Crippen MR) is 154 cm³/mol. The van der Waals surface area contributed by atoms with Crippen molar-refractivity contribution < 1.29 is 19.8 Å². The van der Waals surface area contributed by atoms with E-state index in [0.29, 0.717) is 28.7 Å². The zero-order valence-corrected chi connectivity index (χ0v) is 23.2. The normalized spacial score (nSPS) is 12.8. The number of aliphatic imine (C=N–C) groups is 2. The summed E-state index contributed by atoms with van der Waals surface area (Å²) in [5.41, 5.74) is 3.61. The molecule has 0 atom stereocenters. The summed E-state index contributed by atoms with van der Waals surface area (Å²) < 4.78 is 0. The second-order valence-electron chi connectivity index (χ2n) is 8.39. The Kier molecular flexibility index (Phi) is 13.4. The van der Waals surface area contributed by atoms with Gasteiger partial charge in [0.05, 0.1) is 23.0 Å². The number of benzene rings is 2. The zero-order valence-electron chi connectivity index (χ0n) is 20.9. The average Bonchev–Trinajstić information content (AvgIpc) is 3.02. The van der Waals surface area contributed by atoms with E-state index in [9.17, 15) is 9.59 Å². The van der Waals surface area contributed by atoms with Gasteiger partial charge in [-0.25, -0.2) is 14.6 Å². The second-order valence-corrected chi connectivity index (χ2v) is 10.4. The Hall–Kier alpha value is -2.65. The molecule has 198 valence electrons. The van der Waals surface area contributed by atoms with Crippen molar-refractivity contribution in [1.29, 1.82) is 0 Å². The van der Waals surface area contributed by atoms with Gasteiger partial charge in [0.2, 0.25) is 0 Å². The number of hydrogen-bond acceptors (Lipinski definition) is 6. The lowest BCUT2D eigenvalue weighted by molar-refractivity contribution is -0.134. The summed E-state index contributed by atoms with van der Waals surface area (Å²) in [6.07, 6.45) is 6.12. The molecule has 2 aromatic rings. The maximum atomic E-state index is 9.55. The van der Waals surface area contributed by atoms with Gasteiger partial charge in [0.1, 0.15) is 0 Å². The summed E-state index contributed by atoms with van der Waals surface area (Å²) >= 11 is 14.5. The monoisotopic (exact) mass is 563 g/mol. The molecule has 0 fully saturated rings. The smallest absolute Gasteiger partial charge is 0.328 e. The third-order valence-corrected chi connectivity index (χ3v) is 6.71. The van der Waals surface area contributed by atoms with Crippen molar-refractivity contribution in [3.63, 3.8) is 0 Å². The summed E-state index contributed by atoms with van der Waals surface area (Å²) in [5, 5.41) is 18.0. The standard InChI is InChI=1S/C23H27Cl2N3S.C4H4O4/c1-28(2)13-7-3-4-8-14-29-22-16-26-23(18-9-5-6-10-20(18)25)19-15-17(24)11-12-21(19)27-22;5-3(6)1-2-4(7)8/h5-6,9-12,15H,3-4,7-8,13-14,16H2,1-2H3;1-2H,(H,5,6)(H,7,8). The molecule has 1 aliphatic heterocycles. The van der Waals surface area contributed by atoms with Crippen LogP contribution in [0, 0.1) is 0 Å². The molecule has 1 heterocycles. The molecule has 0 bridgehead atoms. The van der Waals surface area contributed by atoms with E-state index in [2.05, 4.69) is 19.0 Å². The number of carbonyl (C=O) groups is 2. The highest BCUT2D eigenvalue weighted by Gasteiger charge is 2.18. The van der Waals surface area contributed by atoms with Gasteiger partial charge in [-0.1, -0.05) is 54.2 Å². The van der Waals surface area contributed by atoms with Crippen molar-refractivity contribution in [3.8, 4) is 0 Å². The number of nitrogens with zero attached hydrogens (tertiary/aromatic N) is 3. The topological polar surface area (TPSA) is 103 Å². The first-order valence-corrected chi connectivity index (χ1v) is 13.5. The van der Waals surface area contributed by atoms with Crippen LogP contribution in [0.2, 0.25) is 10.0 Å². The van der Waals surface area contributed by atoms with Gasteiger partial charge in [-0.2, -0.15) is 0 Å². The van der Waals surface area contributed by atoms with Crippen molar-refractivity contribution in [2.75, 3.05) is 32.9 Å². The fraction of sp³-hybridized carbons (Fsp3) is 0.333. The molecule has 0 unspecified atom stereocenters. The minimum Gasteiger partial charge on any atom is -0.478 e. The molecule has 37 heavy (non-hydrogen) atoms. The molecule has 0 amide bonds. The lowest BCUT2D eigenvalue weighted by Gasteiger charge is -2.10. The first-order valence-electron chi connectivity index (χ1n) is 11.8. The number of hydrogen-bond donors (Lipinski definition) is 2. The quantitative estimate of drug-likeness (QED) is 0.254. The highest BCUT2D eigenvalue weighted by Crippen LogP contribution is 2.32. The maximum Gasteiger partial charge on any atom is 0.328 e. The van der Waals surface area contributed by atoms with Crippen molar-refractivity contribution >= 4 is 63.3 Å². The van der Waals surface area contributed by atoms with Crippen LogP contribution in [-0.4, -0.2) is 70.7 Å². The Morgan fingerprint density at radius 1 is 0.973 bits per heavy atom. The van der Waals surface area contributed by atoms with Gasteiger partial charge in [-0.15, -0.1) is 11.8 Å². The largest absolute Gasteiger partial charge is 0.478 e. The zero-order chi connectivity index (χ0) is 27.2. The molecule has 0 spiro atoms. The lowest BCUT2D eigenvalue weighted by Crippen LogP contribution is -2.12. The molecule has 0 saturated carbocycles. The van der Waals surface area contributed by atoms with Crippen molar-refractivity contribution in [2.24, 2.45) is 9.98 Å². The third kappa shape index (κ3) is 11.5. The maximum absolute atomic E-state index is 9.55. The van der Waals surface area contributed by atoms with E-state index in [0.717, 1.165) is 33.3 Å². The first-order chi connectivity index (χ1) is 17.7. The number of aliphatic carboxylic acids is 2. The molecule has 1 aliphatic rings. The Morgan fingerprint density at radius 2 is 1.65 bits per heavy atom. The highest BCUT2D eigenvalue weighted by molar-refractivity contribution is 8.14. The number of rotatable bonds is 10. The van der Waals surface area contributed by atoms with E-state index in [1.54, 1.807) is 0 Å². The summed E-state index contributed by atoms with van der Waals surface area (Å²) in [6.45, 7) is 1.73. The van der Waals surface area contributed by atoms with Crippen molar-refractivity contribution in [2.45, 2.75) is 25.7 Å². The molecule has 2 aromatic carbocycles. The van der Waals surface area contributed by atoms with Crippen LogP contribution in [0.25, 0.3) is 0 Å². The fourth-order valence-electron chi connectivity index (χ4n) is 3.37. The van der Waals surface area contributed by atoms with E-state index in [1.807, 2.05) is 54.2 Å². The van der Waals surface area contributed by atoms with E-state index >= 15 is 0 Å². The van der Waals surface area contributed by atoms with Crippen LogP contribution in [-0.2, 0) is 9.59 Å². The number of unbranched alkanes of at least 4 members (excludes halogenated alkanes) is 3. The molecule has 0 aromatic heterocycles. The molecule has 0 aliphatic carbocycles. The predicted octanol–water partition coefficient (Wildman–Crippen LogP) is 6.44. The molecule has 7 nitrogen and oxygen atoms in total. The Balaban J connectivity index is 0.000000521. The van der Waals surface area contributed by atoms with Gasteiger partial charge >= 0.3 is 11.9 Å². The summed E-state index contributed by atoms with van der Waals surface area (Å²) in [7, 11) is 4.25.